The van der Waals surface area contributed by atoms with Gasteiger partial charge in [-0.15, -0.1) is 0 Å². The molecule has 0 aromatic heterocycles. The fourth-order valence-electron chi connectivity index (χ4n) is 2.24. The summed E-state index contributed by atoms with van der Waals surface area (Å²) in [7, 11) is 0. The van der Waals surface area contributed by atoms with Gasteiger partial charge in [-0.1, -0.05) is 48.9 Å². The number of hydrogen-bond acceptors (Lipinski definition) is 3. The van der Waals surface area contributed by atoms with Crippen LogP contribution in [0.15, 0.2) is 59.2 Å². The molecule has 3 heteroatoms. The number of carbonyl (C=O) groups excluding carboxylic acids is 1. The van der Waals surface area contributed by atoms with Crippen LogP contribution in [0, 0.1) is 6.92 Å². The van der Waals surface area contributed by atoms with Crippen LogP contribution in [0.3, 0.4) is 0 Å². The molecular weight excluding hydrogens is 274 g/mol. The summed E-state index contributed by atoms with van der Waals surface area (Å²) in [5.74, 6) is -0.0448. The van der Waals surface area contributed by atoms with Gasteiger partial charge in [0.15, 0.2) is 5.70 Å². The summed E-state index contributed by atoms with van der Waals surface area (Å²) in [6.45, 7) is 4.12. The van der Waals surface area contributed by atoms with Crippen LogP contribution in [0.2, 0.25) is 0 Å². The van der Waals surface area contributed by atoms with Crippen LogP contribution < -0.4 is 0 Å². The maximum Gasteiger partial charge on any atom is 0.363 e. The topological polar surface area (TPSA) is 38.7 Å². The molecule has 0 bridgehead atoms. The molecule has 22 heavy (non-hydrogen) atoms. The van der Waals surface area contributed by atoms with Crippen molar-refractivity contribution in [1.82, 2.24) is 0 Å². The number of hydrogen-bond donors (Lipinski definition) is 0. The Bertz CT molecular complexity index is 753. The van der Waals surface area contributed by atoms with Crippen molar-refractivity contribution < 1.29 is 9.53 Å². The molecule has 0 fully saturated rings. The Hall–Kier alpha value is -2.68. The standard InChI is InChI=1S/C19H17NO2/c1-3-14-6-8-15(9-7-14)12-17-19(21)22-18(20-17)16-10-4-13(2)5-11-16/h4-12H,3H2,1-2H3/b17-12+. The predicted octanol–water partition coefficient (Wildman–Crippen LogP) is 3.90. The number of carbonyl (C=O) groups is 1. The highest BCUT2D eigenvalue weighted by Gasteiger charge is 2.23. The van der Waals surface area contributed by atoms with Gasteiger partial charge in [0.25, 0.3) is 0 Å². The van der Waals surface area contributed by atoms with Crippen LogP contribution >= 0.6 is 0 Å². The molecule has 0 atom stereocenters. The number of rotatable bonds is 3. The smallest absolute Gasteiger partial charge is 0.363 e. The predicted molar refractivity (Wildman–Crippen MR) is 87.6 cm³/mol. The summed E-state index contributed by atoms with van der Waals surface area (Å²) in [5, 5.41) is 0. The maximum atomic E-state index is 11.9. The molecule has 0 saturated heterocycles. The van der Waals surface area contributed by atoms with E-state index in [1.165, 1.54) is 5.56 Å². The third-order valence-electron chi connectivity index (χ3n) is 3.61. The largest absolute Gasteiger partial charge is 0.402 e. The second-order valence-electron chi connectivity index (χ2n) is 5.30. The van der Waals surface area contributed by atoms with Crippen molar-refractivity contribution in [2.24, 2.45) is 4.99 Å². The van der Waals surface area contributed by atoms with Crippen LogP contribution in [0.4, 0.5) is 0 Å². The summed E-state index contributed by atoms with van der Waals surface area (Å²) in [6.07, 6.45) is 2.75. The van der Waals surface area contributed by atoms with Gasteiger partial charge in [0.2, 0.25) is 5.90 Å². The Balaban J connectivity index is 1.88. The van der Waals surface area contributed by atoms with Crippen LogP contribution in [-0.2, 0) is 16.0 Å². The summed E-state index contributed by atoms with van der Waals surface area (Å²) >= 11 is 0. The normalized spacial score (nSPS) is 15.8. The monoisotopic (exact) mass is 291 g/mol. The number of esters is 1. The molecule has 2 aromatic carbocycles. The van der Waals surface area contributed by atoms with E-state index in [-0.39, 0.29) is 0 Å². The average molecular weight is 291 g/mol. The molecule has 1 aliphatic rings. The molecule has 0 radical (unpaired) electrons. The molecule has 0 aliphatic carbocycles. The third kappa shape index (κ3) is 2.98. The van der Waals surface area contributed by atoms with Gasteiger partial charge >= 0.3 is 5.97 Å². The van der Waals surface area contributed by atoms with E-state index in [0.717, 1.165) is 23.1 Å². The molecular formula is C19H17NO2. The van der Waals surface area contributed by atoms with Crippen LogP contribution in [0.1, 0.15) is 29.2 Å². The zero-order chi connectivity index (χ0) is 15.5. The minimum absolute atomic E-state index is 0.333. The van der Waals surface area contributed by atoms with Crippen molar-refractivity contribution in [2.45, 2.75) is 20.3 Å². The first-order valence-electron chi connectivity index (χ1n) is 7.34. The Kier molecular flexibility index (Phi) is 3.88. The molecule has 3 nitrogen and oxygen atoms in total. The molecule has 3 rings (SSSR count). The lowest BCUT2D eigenvalue weighted by atomic mass is 10.1. The third-order valence-corrected chi connectivity index (χ3v) is 3.61. The summed E-state index contributed by atoms with van der Waals surface area (Å²) in [4.78, 5) is 16.3. The lowest BCUT2D eigenvalue weighted by molar-refractivity contribution is -0.129. The molecule has 0 spiro atoms. The minimum atomic E-state index is -0.407. The Labute approximate surface area is 130 Å². The van der Waals surface area contributed by atoms with E-state index >= 15 is 0 Å². The van der Waals surface area contributed by atoms with Gasteiger partial charge in [-0.3, -0.25) is 0 Å². The number of ether oxygens (including phenoxy) is 1. The molecule has 2 aromatic rings. The van der Waals surface area contributed by atoms with Gasteiger partial charge in [0, 0.05) is 5.56 Å². The van der Waals surface area contributed by atoms with Gasteiger partial charge in [-0.05, 0) is 42.7 Å². The van der Waals surface area contributed by atoms with E-state index < -0.39 is 5.97 Å². The average Bonchev–Trinajstić information content (AvgIpc) is 2.90. The van der Waals surface area contributed by atoms with Gasteiger partial charge < -0.3 is 4.74 Å². The molecule has 110 valence electrons. The van der Waals surface area contributed by atoms with Gasteiger partial charge in [0.1, 0.15) is 0 Å². The van der Waals surface area contributed by atoms with E-state index in [0.29, 0.717) is 11.6 Å². The summed E-state index contributed by atoms with van der Waals surface area (Å²) < 4.78 is 5.26. The zero-order valence-corrected chi connectivity index (χ0v) is 12.7. The second-order valence-corrected chi connectivity index (χ2v) is 5.30. The minimum Gasteiger partial charge on any atom is -0.402 e. The first kappa shape index (κ1) is 14.3. The van der Waals surface area contributed by atoms with E-state index in [1.807, 2.05) is 43.3 Å². The van der Waals surface area contributed by atoms with Crippen molar-refractivity contribution in [3.8, 4) is 0 Å². The lowest BCUT2D eigenvalue weighted by Gasteiger charge is -1.99. The Morgan fingerprint density at radius 1 is 1.05 bits per heavy atom. The fraction of sp³-hybridized carbons (Fsp3) is 0.158. The molecule has 0 amide bonds. The van der Waals surface area contributed by atoms with E-state index in [2.05, 4.69) is 24.0 Å². The number of aryl methyl sites for hydroxylation is 2. The van der Waals surface area contributed by atoms with E-state index in [9.17, 15) is 4.79 Å². The molecule has 0 saturated carbocycles. The lowest BCUT2D eigenvalue weighted by Crippen LogP contribution is -2.05. The summed E-state index contributed by atoms with van der Waals surface area (Å²) in [5.41, 5.74) is 4.50. The van der Waals surface area contributed by atoms with Crippen molar-refractivity contribution >= 4 is 17.9 Å². The van der Waals surface area contributed by atoms with Crippen LogP contribution in [-0.4, -0.2) is 11.9 Å². The SMILES string of the molecule is CCc1ccc(/C=C2/N=C(c3ccc(C)cc3)OC2=O)cc1. The van der Waals surface area contributed by atoms with Gasteiger partial charge in [0.05, 0.1) is 0 Å². The van der Waals surface area contributed by atoms with Gasteiger partial charge in [-0.25, -0.2) is 9.79 Å². The van der Waals surface area contributed by atoms with Crippen molar-refractivity contribution in [1.29, 1.82) is 0 Å². The van der Waals surface area contributed by atoms with E-state index in [1.54, 1.807) is 6.08 Å². The molecule has 0 N–H and O–H groups in total. The number of benzene rings is 2. The Morgan fingerprint density at radius 3 is 2.36 bits per heavy atom. The maximum absolute atomic E-state index is 11.9. The van der Waals surface area contributed by atoms with Crippen molar-refractivity contribution in [3.05, 3.63) is 76.5 Å². The quantitative estimate of drug-likeness (QED) is 0.635. The van der Waals surface area contributed by atoms with Crippen molar-refractivity contribution in [3.63, 3.8) is 0 Å². The number of nitrogens with zero attached hydrogens (tertiary/aromatic N) is 1. The van der Waals surface area contributed by atoms with Crippen LogP contribution in [0.5, 0.6) is 0 Å². The first-order valence-corrected chi connectivity index (χ1v) is 7.34. The zero-order valence-electron chi connectivity index (χ0n) is 12.7. The molecule has 0 unspecified atom stereocenters. The summed E-state index contributed by atoms with van der Waals surface area (Å²) in [6, 6.07) is 15.8. The number of cyclic esters (lactones) is 1. The molecule has 1 aliphatic heterocycles. The Morgan fingerprint density at radius 2 is 1.73 bits per heavy atom. The van der Waals surface area contributed by atoms with Gasteiger partial charge in [-0.2, -0.15) is 0 Å². The van der Waals surface area contributed by atoms with E-state index in [4.69, 9.17) is 4.74 Å². The van der Waals surface area contributed by atoms with Crippen LogP contribution in [0.25, 0.3) is 6.08 Å². The second kappa shape index (κ2) is 5.98. The highest BCUT2D eigenvalue weighted by Crippen LogP contribution is 2.19. The first-order chi connectivity index (χ1) is 10.7. The molecule has 1 heterocycles. The highest BCUT2D eigenvalue weighted by atomic mass is 16.6. The number of aliphatic imine (C=N–C) groups is 1. The fourth-order valence-corrected chi connectivity index (χ4v) is 2.24. The highest BCUT2D eigenvalue weighted by molar-refractivity contribution is 6.12. The van der Waals surface area contributed by atoms with Crippen molar-refractivity contribution in [2.75, 3.05) is 0 Å².